The molecule has 0 saturated carbocycles. The predicted octanol–water partition coefficient (Wildman–Crippen LogP) is 3.99. The van der Waals surface area contributed by atoms with E-state index in [0.717, 1.165) is 17.0 Å². The predicted molar refractivity (Wildman–Crippen MR) is 124 cm³/mol. The molecule has 0 saturated heterocycles. The van der Waals surface area contributed by atoms with Crippen molar-refractivity contribution in [2.45, 2.75) is 27.3 Å². The van der Waals surface area contributed by atoms with Crippen LogP contribution in [-0.2, 0) is 11.3 Å². The highest BCUT2D eigenvalue weighted by molar-refractivity contribution is 14.0. The summed E-state index contributed by atoms with van der Waals surface area (Å²) in [5, 5.41) is 5.81. The number of nitrogens with two attached hydrogens (primary N) is 1. The van der Waals surface area contributed by atoms with Gasteiger partial charge in [0.1, 0.15) is 11.5 Å². The molecule has 2 aromatic rings. The van der Waals surface area contributed by atoms with Crippen molar-refractivity contribution in [3.63, 3.8) is 0 Å². The molecule has 2 rings (SSSR count). The normalized spacial score (nSPS) is 10.6. The van der Waals surface area contributed by atoms with Crippen LogP contribution in [0, 0.1) is 0 Å². The van der Waals surface area contributed by atoms with Crippen LogP contribution < -0.4 is 25.8 Å². The van der Waals surface area contributed by atoms with Crippen molar-refractivity contribution >= 4 is 47.2 Å². The lowest BCUT2D eigenvalue weighted by Gasteiger charge is -2.14. The molecule has 0 heterocycles. The van der Waals surface area contributed by atoms with Crippen LogP contribution in [0.2, 0.25) is 0 Å². The molecule has 0 spiro atoms. The summed E-state index contributed by atoms with van der Waals surface area (Å²) in [6.07, 6.45) is 0. The molecule has 8 heteroatoms. The Hall–Kier alpha value is -2.49. The van der Waals surface area contributed by atoms with Gasteiger partial charge in [0, 0.05) is 18.7 Å². The average Bonchev–Trinajstić information content (AvgIpc) is 2.62. The number of carbonyl (C=O) groups is 1. The Balaban J connectivity index is 0.00000392. The maximum atomic E-state index is 11.2. The van der Waals surface area contributed by atoms with Crippen LogP contribution in [0.5, 0.6) is 11.5 Å². The van der Waals surface area contributed by atoms with Crippen LogP contribution in [-0.4, -0.2) is 25.1 Å². The molecule has 0 bridgehead atoms. The van der Waals surface area contributed by atoms with Gasteiger partial charge in [-0.15, -0.1) is 24.0 Å². The molecule has 0 aliphatic rings. The second-order valence-corrected chi connectivity index (χ2v) is 5.73. The molecule has 0 aromatic heterocycles. The van der Waals surface area contributed by atoms with Crippen molar-refractivity contribution in [1.29, 1.82) is 0 Å². The minimum Gasteiger partial charge on any atom is -0.494 e. The molecule has 4 N–H and O–H groups in total. The van der Waals surface area contributed by atoms with Gasteiger partial charge in [0.05, 0.1) is 25.4 Å². The zero-order chi connectivity index (χ0) is 19.6. The van der Waals surface area contributed by atoms with Crippen molar-refractivity contribution in [3.8, 4) is 11.5 Å². The summed E-state index contributed by atoms with van der Waals surface area (Å²) in [6.45, 7) is 6.80. The van der Waals surface area contributed by atoms with Gasteiger partial charge in [-0.05, 0) is 43.7 Å². The first kappa shape index (κ1) is 23.5. The minimum atomic E-state index is -0.116. The van der Waals surface area contributed by atoms with Gasteiger partial charge in [-0.1, -0.05) is 12.1 Å². The van der Waals surface area contributed by atoms with Crippen molar-refractivity contribution in [1.82, 2.24) is 0 Å². The summed E-state index contributed by atoms with van der Waals surface area (Å²) in [4.78, 5) is 15.5. The van der Waals surface area contributed by atoms with E-state index in [-0.39, 0.29) is 35.8 Å². The van der Waals surface area contributed by atoms with E-state index < -0.39 is 0 Å². The number of nitrogens with one attached hydrogen (secondary N) is 2. The Morgan fingerprint density at radius 1 is 1.07 bits per heavy atom. The summed E-state index contributed by atoms with van der Waals surface area (Å²) in [6, 6.07) is 13.0. The molecule has 0 unspecified atom stereocenters. The van der Waals surface area contributed by atoms with Crippen LogP contribution in [0.25, 0.3) is 0 Å². The number of ether oxygens (including phenoxy) is 2. The number of halogens is 1. The lowest BCUT2D eigenvalue weighted by molar-refractivity contribution is -0.114. The number of benzene rings is 2. The van der Waals surface area contributed by atoms with Crippen LogP contribution in [0.1, 0.15) is 26.3 Å². The summed E-state index contributed by atoms with van der Waals surface area (Å²) in [7, 11) is 0. The first-order chi connectivity index (χ1) is 13.0. The third-order valence-electron chi connectivity index (χ3n) is 3.50. The number of carbonyl (C=O) groups excluding carboxylic acids is 1. The number of hydrogen-bond donors (Lipinski definition) is 3. The maximum Gasteiger partial charge on any atom is 0.221 e. The second-order valence-electron chi connectivity index (χ2n) is 5.73. The van der Waals surface area contributed by atoms with Crippen molar-refractivity contribution < 1.29 is 14.3 Å². The fourth-order valence-corrected chi connectivity index (χ4v) is 2.45. The van der Waals surface area contributed by atoms with Crippen molar-refractivity contribution in [2.75, 3.05) is 23.8 Å². The molecule has 28 heavy (non-hydrogen) atoms. The van der Waals surface area contributed by atoms with Crippen LogP contribution in [0.15, 0.2) is 47.5 Å². The maximum absolute atomic E-state index is 11.2. The fourth-order valence-electron chi connectivity index (χ4n) is 2.45. The van der Waals surface area contributed by atoms with Crippen molar-refractivity contribution in [3.05, 3.63) is 48.0 Å². The van der Waals surface area contributed by atoms with Gasteiger partial charge in [0.15, 0.2) is 5.96 Å². The number of nitrogens with zero attached hydrogens (tertiary/aromatic N) is 1. The summed E-state index contributed by atoms with van der Waals surface area (Å²) in [5.41, 5.74) is 8.38. The minimum absolute atomic E-state index is 0. The van der Waals surface area contributed by atoms with Gasteiger partial charge >= 0.3 is 0 Å². The molecule has 1 amide bonds. The van der Waals surface area contributed by atoms with Gasteiger partial charge in [0.25, 0.3) is 0 Å². The monoisotopic (exact) mass is 498 g/mol. The van der Waals surface area contributed by atoms with E-state index in [1.54, 1.807) is 0 Å². The standard InChI is InChI=1S/C20H26N4O3.HI/c1-4-26-17-9-10-19(27-5-2)18(12-17)24-20(21)22-13-15-7-6-8-16(11-15)23-14(3)25;/h6-12H,4-5,13H2,1-3H3,(H,23,25)(H3,21,22,24);1H. The highest BCUT2D eigenvalue weighted by atomic mass is 127. The Bertz CT molecular complexity index is 812. The quantitative estimate of drug-likeness (QED) is 0.291. The highest BCUT2D eigenvalue weighted by Crippen LogP contribution is 2.29. The third kappa shape index (κ3) is 7.63. The van der Waals surface area contributed by atoms with Crippen LogP contribution in [0.4, 0.5) is 11.4 Å². The van der Waals surface area contributed by atoms with E-state index in [4.69, 9.17) is 15.2 Å². The van der Waals surface area contributed by atoms with Crippen molar-refractivity contribution in [2.24, 2.45) is 10.7 Å². The largest absolute Gasteiger partial charge is 0.494 e. The summed E-state index contributed by atoms with van der Waals surface area (Å²) >= 11 is 0. The molecule has 7 nitrogen and oxygen atoms in total. The molecular weight excluding hydrogens is 471 g/mol. The zero-order valence-corrected chi connectivity index (χ0v) is 18.7. The SMILES string of the molecule is CCOc1ccc(OCC)c(NC(N)=NCc2cccc(NC(C)=O)c2)c1.I. The average molecular weight is 498 g/mol. The smallest absolute Gasteiger partial charge is 0.221 e. The van der Waals surface area contributed by atoms with E-state index in [2.05, 4.69) is 15.6 Å². The Morgan fingerprint density at radius 2 is 1.82 bits per heavy atom. The number of guanidine groups is 1. The fraction of sp³-hybridized carbons (Fsp3) is 0.300. The topological polar surface area (TPSA) is 98.0 Å². The molecule has 0 aliphatic carbocycles. The lowest BCUT2D eigenvalue weighted by atomic mass is 10.2. The van der Waals surface area contributed by atoms with E-state index in [0.29, 0.717) is 31.2 Å². The number of anilines is 2. The number of rotatable bonds is 8. The van der Waals surface area contributed by atoms with Gasteiger partial charge in [0.2, 0.25) is 5.91 Å². The van der Waals surface area contributed by atoms with E-state index in [1.807, 2.05) is 56.3 Å². The summed E-state index contributed by atoms with van der Waals surface area (Å²) < 4.78 is 11.1. The zero-order valence-electron chi connectivity index (χ0n) is 16.3. The molecule has 0 atom stereocenters. The molecular formula is C20H27IN4O3. The van der Waals surface area contributed by atoms with E-state index >= 15 is 0 Å². The van der Waals surface area contributed by atoms with Gasteiger partial charge in [-0.2, -0.15) is 0 Å². The van der Waals surface area contributed by atoms with Crippen LogP contribution >= 0.6 is 24.0 Å². The van der Waals surface area contributed by atoms with Gasteiger partial charge in [-0.3, -0.25) is 4.79 Å². The van der Waals surface area contributed by atoms with Gasteiger partial charge < -0.3 is 25.8 Å². The summed E-state index contributed by atoms with van der Waals surface area (Å²) in [5.74, 6) is 1.54. The Labute approximate surface area is 182 Å². The van der Waals surface area contributed by atoms with E-state index in [9.17, 15) is 4.79 Å². The Kier molecular flexibility index (Phi) is 10.1. The first-order valence-corrected chi connectivity index (χ1v) is 8.85. The number of amides is 1. The number of aliphatic imine (C=N–C) groups is 1. The molecule has 0 aliphatic heterocycles. The van der Waals surface area contributed by atoms with E-state index in [1.165, 1.54) is 6.92 Å². The molecule has 2 aromatic carbocycles. The van der Waals surface area contributed by atoms with Gasteiger partial charge in [-0.25, -0.2) is 4.99 Å². The third-order valence-corrected chi connectivity index (χ3v) is 3.50. The lowest BCUT2D eigenvalue weighted by Crippen LogP contribution is -2.23. The highest BCUT2D eigenvalue weighted by Gasteiger charge is 2.07. The second kappa shape index (κ2) is 12.1. The first-order valence-electron chi connectivity index (χ1n) is 8.85. The Morgan fingerprint density at radius 3 is 2.50 bits per heavy atom. The molecule has 0 radical (unpaired) electrons. The number of hydrogen-bond acceptors (Lipinski definition) is 4. The molecule has 152 valence electrons. The van der Waals surface area contributed by atoms with Crippen LogP contribution in [0.3, 0.4) is 0 Å². The molecule has 0 fully saturated rings.